The van der Waals surface area contributed by atoms with Crippen molar-refractivity contribution in [1.82, 2.24) is 4.98 Å². The van der Waals surface area contributed by atoms with E-state index < -0.39 is 0 Å². The molecule has 0 saturated carbocycles. The number of hydrogen-bond acceptors (Lipinski definition) is 4. The fraction of sp³-hybridized carbons (Fsp3) is 0.0526. The number of anilines is 3. The van der Waals surface area contributed by atoms with Gasteiger partial charge in [-0.05, 0) is 60.7 Å². The first kappa shape index (κ1) is 17.7. The van der Waals surface area contributed by atoms with Crippen LogP contribution in [-0.4, -0.2) is 17.5 Å². The Morgan fingerprint density at radius 2 is 1.69 bits per heavy atom. The quantitative estimate of drug-likeness (QED) is 0.662. The van der Waals surface area contributed by atoms with Crippen molar-refractivity contribution in [3.8, 4) is 5.75 Å². The average molecular weight is 372 g/mol. The molecule has 3 rings (SSSR count). The van der Waals surface area contributed by atoms with E-state index >= 15 is 0 Å². The molecule has 2 N–H and O–H groups in total. The number of nitrogens with one attached hydrogen (secondary N) is 2. The summed E-state index contributed by atoms with van der Waals surface area (Å²) in [4.78, 5) is 16.1. The first-order valence-corrected chi connectivity index (χ1v) is 8.13. The maximum Gasteiger partial charge on any atom is 0.263 e. The van der Waals surface area contributed by atoms with Crippen LogP contribution in [0.3, 0.4) is 0 Å². The molecular formula is C19H15ClFN3O2. The number of nitrogens with zero attached hydrogens (tertiary/aromatic N) is 1. The Kier molecular flexibility index (Phi) is 5.66. The third-order valence-electron chi connectivity index (χ3n) is 3.35. The highest BCUT2D eigenvalue weighted by Gasteiger charge is 2.05. The summed E-state index contributed by atoms with van der Waals surface area (Å²) in [6.07, 6.45) is 1.57. The molecule has 0 unspecified atom stereocenters. The van der Waals surface area contributed by atoms with Crippen LogP contribution in [0.4, 0.5) is 21.6 Å². The zero-order valence-corrected chi connectivity index (χ0v) is 14.3. The molecule has 0 aliphatic carbocycles. The standard InChI is InChI=1S/C19H15ClFN3O2/c20-13-1-8-17(9-2-13)26-12-19(25)24-18-10-7-16(11-22-18)23-15-5-3-14(21)4-6-15/h1-11,23H,12H2,(H,22,24,25). The van der Waals surface area contributed by atoms with Crippen LogP contribution in [0.25, 0.3) is 0 Å². The second-order valence-electron chi connectivity index (χ2n) is 5.35. The summed E-state index contributed by atoms with van der Waals surface area (Å²) in [6, 6.07) is 16.1. The normalized spacial score (nSPS) is 10.2. The van der Waals surface area contributed by atoms with E-state index in [1.165, 1.54) is 12.1 Å². The SMILES string of the molecule is O=C(COc1ccc(Cl)cc1)Nc1ccc(Nc2ccc(F)cc2)cn1. The number of hydrogen-bond donors (Lipinski definition) is 2. The molecule has 1 aromatic heterocycles. The van der Waals surface area contributed by atoms with Crippen molar-refractivity contribution in [3.63, 3.8) is 0 Å². The smallest absolute Gasteiger partial charge is 0.263 e. The lowest BCUT2D eigenvalue weighted by atomic mass is 10.3. The van der Waals surface area contributed by atoms with E-state index in [-0.39, 0.29) is 18.3 Å². The molecule has 0 spiro atoms. The summed E-state index contributed by atoms with van der Waals surface area (Å²) in [5, 5.41) is 6.33. The largest absolute Gasteiger partial charge is 0.484 e. The first-order chi connectivity index (χ1) is 12.6. The maximum atomic E-state index is 12.9. The first-order valence-electron chi connectivity index (χ1n) is 7.75. The lowest BCUT2D eigenvalue weighted by molar-refractivity contribution is -0.118. The van der Waals surface area contributed by atoms with Gasteiger partial charge in [-0.1, -0.05) is 11.6 Å². The zero-order valence-electron chi connectivity index (χ0n) is 13.6. The summed E-state index contributed by atoms with van der Waals surface area (Å²) in [7, 11) is 0. The van der Waals surface area contributed by atoms with Crippen LogP contribution >= 0.6 is 11.6 Å². The lowest BCUT2D eigenvalue weighted by Crippen LogP contribution is -2.20. The second kappa shape index (κ2) is 8.31. The molecule has 5 nitrogen and oxygen atoms in total. The highest BCUT2D eigenvalue weighted by atomic mass is 35.5. The minimum Gasteiger partial charge on any atom is -0.484 e. The Morgan fingerprint density at radius 3 is 2.35 bits per heavy atom. The van der Waals surface area contributed by atoms with Gasteiger partial charge in [0.2, 0.25) is 0 Å². The summed E-state index contributed by atoms with van der Waals surface area (Å²) < 4.78 is 18.3. The Balaban J connectivity index is 1.50. The fourth-order valence-corrected chi connectivity index (χ4v) is 2.23. The van der Waals surface area contributed by atoms with Crippen LogP contribution in [0.2, 0.25) is 5.02 Å². The van der Waals surface area contributed by atoms with Crippen LogP contribution in [0.15, 0.2) is 66.9 Å². The number of amides is 1. The van der Waals surface area contributed by atoms with Gasteiger partial charge in [-0.2, -0.15) is 0 Å². The van der Waals surface area contributed by atoms with E-state index in [1.54, 1.807) is 54.7 Å². The number of pyridine rings is 1. The minimum absolute atomic E-state index is 0.140. The molecule has 0 bridgehead atoms. The molecule has 0 atom stereocenters. The lowest BCUT2D eigenvalue weighted by Gasteiger charge is -2.09. The van der Waals surface area contributed by atoms with Crippen molar-refractivity contribution in [2.75, 3.05) is 17.2 Å². The molecule has 0 aliphatic heterocycles. The Bertz CT molecular complexity index is 869. The number of carbonyl (C=O) groups excluding carboxylic acids is 1. The summed E-state index contributed by atoms with van der Waals surface area (Å²) in [5.41, 5.74) is 1.45. The van der Waals surface area contributed by atoms with Crippen molar-refractivity contribution < 1.29 is 13.9 Å². The molecule has 26 heavy (non-hydrogen) atoms. The third kappa shape index (κ3) is 5.19. The van der Waals surface area contributed by atoms with E-state index in [2.05, 4.69) is 15.6 Å². The molecule has 2 aromatic carbocycles. The van der Waals surface area contributed by atoms with Crippen molar-refractivity contribution in [3.05, 3.63) is 77.7 Å². The van der Waals surface area contributed by atoms with Crippen molar-refractivity contribution in [2.45, 2.75) is 0 Å². The predicted molar refractivity (Wildman–Crippen MR) is 99.5 cm³/mol. The van der Waals surface area contributed by atoms with E-state index in [1.807, 2.05) is 0 Å². The number of carbonyl (C=O) groups is 1. The van der Waals surface area contributed by atoms with Crippen LogP contribution < -0.4 is 15.4 Å². The van der Waals surface area contributed by atoms with E-state index in [4.69, 9.17) is 16.3 Å². The van der Waals surface area contributed by atoms with E-state index in [0.717, 1.165) is 5.69 Å². The topological polar surface area (TPSA) is 63.2 Å². The summed E-state index contributed by atoms with van der Waals surface area (Å²) in [6.45, 7) is -0.140. The van der Waals surface area contributed by atoms with Gasteiger partial charge in [-0.15, -0.1) is 0 Å². The molecule has 0 radical (unpaired) electrons. The Hall–Kier alpha value is -3.12. The molecule has 3 aromatic rings. The Labute approximate surface area is 154 Å². The predicted octanol–water partition coefficient (Wildman–Crippen LogP) is 4.64. The van der Waals surface area contributed by atoms with Gasteiger partial charge in [-0.25, -0.2) is 9.37 Å². The van der Waals surface area contributed by atoms with Gasteiger partial charge in [0.15, 0.2) is 6.61 Å². The highest BCUT2D eigenvalue weighted by molar-refractivity contribution is 6.30. The van der Waals surface area contributed by atoms with Gasteiger partial charge in [0.25, 0.3) is 5.91 Å². The summed E-state index contributed by atoms with van der Waals surface area (Å²) >= 11 is 5.79. The number of benzene rings is 2. The van der Waals surface area contributed by atoms with Gasteiger partial charge in [-0.3, -0.25) is 4.79 Å². The molecule has 132 valence electrons. The Morgan fingerprint density at radius 1 is 1.00 bits per heavy atom. The fourth-order valence-electron chi connectivity index (χ4n) is 2.10. The zero-order chi connectivity index (χ0) is 18.4. The molecule has 7 heteroatoms. The van der Waals surface area contributed by atoms with Gasteiger partial charge in [0.05, 0.1) is 11.9 Å². The molecular weight excluding hydrogens is 357 g/mol. The van der Waals surface area contributed by atoms with Gasteiger partial charge >= 0.3 is 0 Å². The number of aromatic nitrogens is 1. The number of ether oxygens (including phenoxy) is 1. The van der Waals surface area contributed by atoms with Crippen molar-refractivity contribution >= 4 is 34.7 Å². The number of halogens is 2. The summed E-state index contributed by atoms with van der Waals surface area (Å²) in [5.74, 6) is 0.329. The van der Waals surface area contributed by atoms with Gasteiger partial charge in [0.1, 0.15) is 17.4 Å². The molecule has 0 aliphatic rings. The molecule has 1 amide bonds. The maximum absolute atomic E-state index is 12.9. The van der Waals surface area contributed by atoms with Gasteiger partial charge < -0.3 is 15.4 Å². The number of rotatable bonds is 6. The molecule has 1 heterocycles. The minimum atomic E-state index is -0.327. The molecule has 0 fully saturated rings. The van der Waals surface area contributed by atoms with Crippen LogP contribution in [0.5, 0.6) is 5.75 Å². The molecule has 0 saturated heterocycles. The van der Waals surface area contributed by atoms with E-state index in [9.17, 15) is 9.18 Å². The van der Waals surface area contributed by atoms with Gasteiger partial charge in [0, 0.05) is 10.7 Å². The highest BCUT2D eigenvalue weighted by Crippen LogP contribution is 2.18. The van der Waals surface area contributed by atoms with Crippen LogP contribution in [-0.2, 0) is 4.79 Å². The monoisotopic (exact) mass is 371 g/mol. The second-order valence-corrected chi connectivity index (χ2v) is 5.79. The third-order valence-corrected chi connectivity index (χ3v) is 3.60. The average Bonchev–Trinajstić information content (AvgIpc) is 2.65. The van der Waals surface area contributed by atoms with E-state index in [0.29, 0.717) is 22.3 Å². The van der Waals surface area contributed by atoms with Crippen molar-refractivity contribution in [1.29, 1.82) is 0 Å². The van der Waals surface area contributed by atoms with Crippen LogP contribution in [0.1, 0.15) is 0 Å². The van der Waals surface area contributed by atoms with Crippen LogP contribution in [0, 0.1) is 5.82 Å². The van der Waals surface area contributed by atoms with Crippen molar-refractivity contribution in [2.24, 2.45) is 0 Å².